The third-order valence-electron chi connectivity index (χ3n) is 5.39. The number of nitrogens with one attached hydrogen (secondary N) is 2. The first kappa shape index (κ1) is 21.1. The lowest BCUT2D eigenvalue weighted by atomic mass is 10.1. The van der Waals surface area contributed by atoms with Gasteiger partial charge in [0.2, 0.25) is 5.91 Å². The molecule has 31 heavy (non-hydrogen) atoms. The van der Waals surface area contributed by atoms with Crippen LogP contribution in [0.4, 0.5) is 11.5 Å². The average molecular weight is 439 g/mol. The van der Waals surface area contributed by atoms with E-state index in [1.807, 2.05) is 50.2 Å². The zero-order valence-electron chi connectivity index (χ0n) is 17.5. The Morgan fingerprint density at radius 1 is 1.23 bits per heavy atom. The molecule has 1 aliphatic heterocycles. The summed E-state index contributed by atoms with van der Waals surface area (Å²) in [7, 11) is 1.58. The maximum Gasteiger partial charge on any atom is 0.251 e. The van der Waals surface area contributed by atoms with Gasteiger partial charge in [0.25, 0.3) is 5.91 Å². The fourth-order valence-electron chi connectivity index (χ4n) is 3.71. The molecule has 0 bridgehead atoms. The standard InChI is InChI=1S/C23H23ClN4O3/c1-13-7-8-17(9-14(13)2)25-20(29)11-19-23(30)26-22-21(15-5-4-6-16(24)10-15)18(12-31-3)27-28(19)22/h4-10,19H,11-12H2,1-3H3,(H,25,29)(H,26,30). The van der Waals surface area contributed by atoms with E-state index in [-0.39, 0.29) is 24.8 Å². The number of halogens is 1. The molecule has 0 spiro atoms. The van der Waals surface area contributed by atoms with E-state index in [0.717, 1.165) is 22.3 Å². The van der Waals surface area contributed by atoms with Gasteiger partial charge in [-0.25, -0.2) is 4.68 Å². The Morgan fingerprint density at radius 2 is 2.03 bits per heavy atom. The number of nitrogens with zero attached hydrogens (tertiary/aromatic N) is 2. The first-order valence-electron chi connectivity index (χ1n) is 9.91. The normalized spacial score (nSPS) is 15.0. The number of hydrogen-bond donors (Lipinski definition) is 2. The number of fused-ring (bicyclic) bond motifs is 1. The number of carbonyl (C=O) groups excluding carboxylic acids is 2. The van der Waals surface area contributed by atoms with Crippen molar-refractivity contribution < 1.29 is 14.3 Å². The van der Waals surface area contributed by atoms with Crippen LogP contribution in [0.2, 0.25) is 5.02 Å². The molecule has 1 aromatic heterocycles. The molecular formula is C23H23ClN4O3. The summed E-state index contributed by atoms with van der Waals surface area (Å²) in [6.45, 7) is 4.26. The van der Waals surface area contributed by atoms with Crippen LogP contribution < -0.4 is 10.6 Å². The van der Waals surface area contributed by atoms with Gasteiger partial charge in [-0.05, 0) is 54.8 Å². The Morgan fingerprint density at radius 3 is 2.74 bits per heavy atom. The molecule has 2 aromatic carbocycles. The first-order chi connectivity index (χ1) is 14.9. The number of carbonyl (C=O) groups is 2. The summed E-state index contributed by atoms with van der Waals surface area (Å²) in [6, 6.07) is 12.3. The smallest absolute Gasteiger partial charge is 0.251 e. The van der Waals surface area contributed by atoms with Crippen molar-refractivity contribution in [2.45, 2.75) is 32.9 Å². The van der Waals surface area contributed by atoms with Crippen LogP contribution in [-0.4, -0.2) is 28.7 Å². The van der Waals surface area contributed by atoms with E-state index in [2.05, 4.69) is 15.7 Å². The van der Waals surface area contributed by atoms with E-state index < -0.39 is 6.04 Å². The number of hydrogen-bond acceptors (Lipinski definition) is 4. The van der Waals surface area contributed by atoms with E-state index in [9.17, 15) is 9.59 Å². The maximum absolute atomic E-state index is 12.7. The molecule has 3 aromatic rings. The SMILES string of the molecule is COCc1nn2c(c1-c1cccc(Cl)c1)NC(=O)C2CC(=O)Nc1ccc(C)c(C)c1. The van der Waals surface area contributed by atoms with Gasteiger partial charge in [0.05, 0.1) is 18.7 Å². The summed E-state index contributed by atoms with van der Waals surface area (Å²) in [5.41, 5.74) is 5.16. The van der Waals surface area contributed by atoms with Crippen molar-refractivity contribution in [1.82, 2.24) is 9.78 Å². The van der Waals surface area contributed by atoms with E-state index in [4.69, 9.17) is 16.3 Å². The third kappa shape index (κ3) is 4.19. The van der Waals surface area contributed by atoms with Gasteiger partial charge in [-0.3, -0.25) is 9.59 Å². The van der Waals surface area contributed by atoms with Gasteiger partial charge in [0.15, 0.2) is 0 Å². The van der Waals surface area contributed by atoms with E-state index in [1.54, 1.807) is 17.9 Å². The number of aromatic nitrogens is 2. The summed E-state index contributed by atoms with van der Waals surface area (Å²) in [6.07, 6.45) is -0.0329. The highest BCUT2D eigenvalue weighted by Gasteiger charge is 2.37. The second-order valence-corrected chi connectivity index (χ2v) is 8.05. The Balaban J connectivity index is 1.62. The minimum absolute atomic E-state index is 0.0329. The Bertz CT molecular complexity index is 1170. The van der Waals surface area contributed by atoms with E-state index >= 15 is 0 Å². The molecule has 7 nitrogen and oxygen atoms in total. The predicted octanol–water partition coefficient (Wildman–Crippen LogP) is 4.49. The van der Waals surface area contributed by atoms with Gasteiger partial charge in [-0.2, -0.15) is 5.10 Å². The van der Waals surface area contributed by atoms with Crippen molar-refractivity contribution in [1.29, 1.82) is 0 Å². The van der Waals surface area contributed by atoms with E-state index in [0.29, 0.717) is 22.2 Å². The quantitative estimate of drug-likeness (QED) is 0.593. The highest BCUT2D eigenvalue weighted by Crippen LogP contribution is 2.39. The number of anilines is 2. The Kier molecular flexibility index (Phi) is 5.80. The Labute approximate surface area is 185 Å². The number of methoxy groups -OCH3 is 1. The van der Waals surface area contributed by atoms with Crippen LogP contribution in [0.5, 0.6) is 0 Å². The number of ether oxygens (including phenoxy) is 1. The van der Waals surface area contributed by atoms with Crippen molar-refractivity contribution in [2.75, 3.05) is 17.7 Å². The van der Waals surface area contributed by atoms with Crippen LogP contribution in [0.25, 0.3) is 11.1 Å². The molecule has 1 aliphatic rings. The summed E-state index contributed by atoms with van der Waals surface area (Å²) in [5.74, 6) is 0.0117. The van der Waals surface area contributed by atoms with Crippen molar-refractivity contribution in [2.24, 2.45) is 0 Å². The van der Waals surface area contributed by atoms with Gasteiger partial charge in [0.1, 0.15) is 11.9 Å². The maximum atomic E-state index is 12.7. The van der Waals surface area contributed by atoms with Gasteiger partial charge >= 0.3 is 0 Å². The molecule has 0 radical (unpaired) electrons. The van der Waals surface area contributed by atoms with Crippen LogP contribution >= 0.6 is 11.6 Å². The molecule has 8 heteroatoms. The summed E-state index contributed by atoms with van der Waals surface area (Å²) in [5, 5.41) is 10.9. The first-order valence-corrected chi connectivity index (χ1v) is 10.3. The second-order valence-electron chi connectivity index (χ2n) is 7.61. The molecule has 2 amide bonds. The molecule has 0 saturated carbocycles. The highest BCUT2D eigenvalue weighted by molar-refractivity contribution is 6.30. The fraction of sp³-hybridized carbons (Fsp3) is 0.261. The van der Waals surface area contributed by atoms with Gasteiger partial charge < -0.3 is 15.4 Å². The topological polar surface area (TPSA) is 85.2 Å². The minimum Gasteiger partial charge on any atom is -0.378 e. The Hall–Kier alpha value is -3.16. The third-order valence-corrected chi connectivity index (χ3v) is 5.62. The zero-order chi connectivity index (χ0) is 22.1. The van der Waals surface area contributed by atoms with Crippen LogP contribution in [0, 0.1) is 13.8 Å². The molecule has 4 rings (SSSR count). The van der Waals surface area contributed by atoms with Crippen molar-refractivity contribution in [3.05, 3.63) is 64.3 Å². The average Bonchev–Trinajstić information content (AvgIpc) is 3.20. The minimum atomic E-state index is -0.745. The van der Waals surface area contributed by atoms with Gasteiger partial charge in [-0.15, -0.1) is 0 Å². The van der Waals surface area contributed by atoms with Crippen molar-refractivity contribution >= 4 is 34.9 Å². The summed E-state index contributed by atoms with van der Waals surface area (Å²) in [4.78, 5) is 25.4. The monoisotopic (exact) mass is 438 g/mol. The van der Waals surface area contributed by atoms with Crippen LogP contribution in [0.1, 0.15) is 29.3 Å². The molecule has 0 saturated heterocycles. The number of aryl methyl sites for hydroxylation is 2. The molecule has 0 aliphatic carbocycles. The molecular weight excluding hydrogens is 416 g/mol. The number of rotatable bonds is 6. The highest BCUT2D eigenvalue weighted by atomic mass is 35.5. The second kappa shape index (κ2) is 8.53. The summed E-state index contributed by atoms with van der Waals surface area (Å²) >= 11 is 6.17. The number of amides is 2. The lowest BCUT2D eigenvalue weighted by molar-refractivity contribution is -0.123. The molecule has 2 N–H and O–H groups in total. The van der Waals surface area contributed by atoms with Gasteiger partial charge in [0, 0.05) is 23.4 Å². The van der Waals surface area contributed by atoms with Crippen LogP contribution in [-0.2, 0) is 20.9 Å². The molecule has 2 heterocycles. The van der Waals surface area contributed by atoms with Crippen LogP contribution in [0.15, 0.2) is 42.5 Å². The van der Waals surface area contributed by atoms with Gasteiger partial charge in [-0.1, -0.05) is 29.8 Å². The van der Waals surface area contributed by atoms with Crippen molar-refractivity contribution in [3.8, 4) is 11.1 Å². The largest absolute Gasteiger partial charge is 0.378 e. The predicted molar refractivity (Wildman–Crippen MR) is 120 cm³/mol. The summed E-state index contributed by atoms with van der Waals surface area (Å²) < 4.78 is 6.88. The molecule has 1 atom stereocenters. The lowest BCUT2D eigenvalue weighted by Crippen LogP contribution is -2.24. The zero-order valence-corrected chi connectivity index (χ0v) is 18.3. The molecule has 0 fully saturated rings. The molecule has 160 valence electrons. The number of benzene rings is 2. The molecule has 1 unspecified atom stereocenters. The fourth-order valence-corrected chi connectivity index (χ4v) is 3.90. The van der Waals surface area contributed by atoms with E-state index in [1.165, 1.54) is 0 Å². The van der Waals surface area contributed by atoms with Crippen LogP contribution in [0.3, 0.4) is 0 Å². The lowest BCUT2D eigenvalue weighted by Gasteiger charge is -2.11. The van der Waals surface area contributed by atoms with Crippen molar-refractivity contribution in [3.63, 3.8) is 0 Å².